The topological polar surface area (TPSA) is 145 Å². The summed E-state index contributed by atoms with van der Waals surface area (Å²) in [7, 11) is 1.09. The van der Waals surface area contributed by atoms with Crippen molar-refractivity contribution in [2.45, 2.75) is 19.8 Å². The van der Waals surface area contributed by atoms with Crippen LogP contribution in [0.1, 0.15) is 30.1 Å². The predicted molar refractivity (Wildman–Crippen MR) is 94.7 cm³/mol. The number of non-ortho nitro benzene ring substituents is 1. The molecular weight excluding hydrogens is 360 g/mol. The third kappa shape index (κ3) is 4.30. The molecule has 11 heteroatoms. The highest BCUT2D eigenvalue weighted by atomic mass is 16.6. The van der Waals surface area contributed by atoms with E-state index < -0.39 is 33.1 Å². The summed E-state index contributed by atoms with van der Waals surface area (Å²) in [5.74, 6) is -1.50. The summed E-state index contributed by atoms with van der Waals surface area (Å²) in [5, 5.41) is 25.4. The van der Waals surface area contributed by atoms with Crippen molar-refractivity contribution in [3.63, 3.8) is 0 Å². The van der Waals surface area contributed by atoms with Gasteiger partial charge in [0.15, 0.2) is 0 Å². The van der Waals surface area contributed by atoms with Crippen LogP contribution in [0.4, 0.5) is 17.1 Å². The molecule has 27 heavy (non-hydrogen) atoms. The molecule has 1 aliphatic rings. The van der Waals surface area contributed by atoms with Crippen molar-refractivity contribution >= 4 is 28.9 Å². The molecule has 1 unspecified atom stereocenters. The largest absolute Gasteiger partial charge is 0.465 e. The van der Waals surface area contributed by atoms with Crippen LogP contribution < -0.4 is 10.2 Å². The fourth-order valence-electron chi connectivity index (χ4n) is 3.16. The van der Waals surface area contributed by atoms with Crippen LogP contribution in [-0.4, -0.2) is 48.5 Å². The Kier molecular flexibility index (Phi) is 6.27. The molecule has 0 aliphatic carbocycles. The molecule has 0 bridgehead atoms. The highest BCUT2D eigenvalue weighted by molar-refractivity contribution is 5.99. The maximum atomic E-state index is 12.2. The zero-order valence-corrected chi connectivity index (χ0v) is 15.0. The minimum Gasteiger partial charge on any atom is -0.465 e. The van der Waals surface area contributed by atoms with Crippen LogP contribution >= 0.6 is 0 Å². The molecule has 1 saturated heterocycles. The molecule has 146 valence electrons. The summed E-state index contributed by atoms with van der Waals surface area (Å²) in [4.78, 5) is 47.0. The van der Waals surface area contributed by atoms with Gasteiger partial charge in [0.25, 0.3) is 11.4 Å². The lowest BCUT2D eigenvalue weighted by Crippen LogP contribution is -2.43. The lowest BCUT2D eigenvalue weighted by atomic mass is 9.95. The van der Waals surface area contributed by atoms with Crippen molar-refractivity contribution in [1.29, 1.82) is 0 Å². The van der Waals surface area contributed by atoms with Crippen molar-refractivity contribution in [1.82, 2.24) is 5.32 Å². The maximum Gasteiger partial charge on any atom is 0.340 e. The van der Waals surface area contributed by atoms with E-state index in [0.717, 1.165) is 19.2 Å². The van der Waals surface area contributed by atoms with E-state index in [0.29, 0.717) is 25.9 Å². The summed E-state index contributed by atoms with van der Waals surface area (Å²) in [6, 6.07) is 1.78. The van der Waals surface area contributed by atoms with E-state index in [1.54, 1.807) is 11.8 Å². The average Bonchev–Trinajstić information content (AvgIpc) is 2.66. The molecule has 1 fully saturated rings. The molecule has 1 aliphatic heterocycles. The maximum absolute atomic E-state index is 12.2. The van der Waals surface area contributed by atoms with Gasteiger partial charge >= 0.3 is 5.97 Å². The predicted octanol–water partition coefficient (Wildman–Crippen LogP) is 1.64. The van der Waals surface area contributed by atoms with Crippen molar-refractivity contribution in [2.75, 3.05) is 31.6 Å². The van der Waals surface area contributed by atoms with Crippen LogP contribution in [0, 0.1) is 26.1 Å². The number of piperidine rings is 1. The fraction of sp³-hybridized carbons (Fsp3) is 0.500. The highest BCUT2D eigenvalue weighted by Crippen LogP contribution is 2.38. The van der Waals surface area contributed by atoms with Gasteiger partial charge in [0.1, 0.15) is 5.69 Å². The number of nitro groups is 2. The lowest BCUT2D eigenvalue weighted by molar-refractivity contribution is -0.393. The quantitative estimate of drug-likeness (QED) is 0.445. The lowest BCUT2D eigenvalue weighted by Gasteiger charge is -2.34. The molecule has 2 rings (SSSR count). The second kappa shape index (κ2) is 8.43. The molecule has 1 aromatic carbocycles. The number of methoxy groups -OCH3 is 1. The van der Waals surface area contributed by atoms with Gasteiger partial charge in [-0.1, -0.05) is 0 Å². The Balaban J connectivity index is 2.55. The summed E-state index contributed by atoms with van der Waals surface area (Å²) < 4.78 is 4.66. The minimum atomic E-state index is -0.920. The van der Waals surface area contributed by atoms with Crippen LogP contribution in [0.25, 0.3) is 0 Å². The van der Waals surface area contributed by atoms with Gasteiger partial charge in [0.05, 0.1) is 34.5 Å². The van der Waals surface area contributed by atoms with E-state index in [9.17, 15) is 29.8 Å². The third-order valence-corrected chi connectivity index (χ3v) is 4.35. The second-order valence-electron chi connectivity index (χ2n) is 6.05. The molecule has 1 aromatic rings. The van der Waals surface area contributed by atoms with Gasteiger partial charge in [-0.05, 0) is 19.8 Å². The van der Waals surface area contributed by atoms with E-state index in [1.165, 1.54) is 0 Å². The molecular formula is C16H20N4O7. The first-order chi connectivity index (χ1) is 12.8. The van der Waals surface area contributed by atoms with Crippen molar-refractivity contribution in [2.24, 2.45) is 5.92 Å². The van der Waals surface area contributed by atoms with Crippen LogP contribution in [0.15, 0.2) is 12.1 Å². The summed E-state index contributed by atoms with van der Waals surface area (Å²) in [6.45, 7) is 2.78. The van der Waals surface area contributed by atoms with E-state index >= 15 is 0 Å². The smallest absolute Gasteiger partial charge is 0.340 e. The van der Waals surface area contributed by atoms with E-state index in [1.807, 2.05) is 0 Å². The van der Waals surface area contributed by atoms with Crippen LogP contribution in [0.3, 0.4) is 0 Å². The molecule has 11 nitrogen and oxygen atoms in total. The number of carbonyl (C=O) groups excluding carboxylic acids is 2. The molecule has 0 saturated carbocycles. The molecule has 1 amide bonds. The molecule has 1 atom stereocenters. The Morgan fingerprint density at radius 3 is 2.56 bits per heavy atom. The van der Waals surface area contributed by atoms with Gasteiger partial charge in [0.2, 0.25) is 5.91 Å². The first-order valence-electron chi connectivity index (χ1n) is 8.37. The van der Waals surface area contributed by atoms with Gasteiger partial charge < -0.3 is 15.0 Å². The van der Waals surface area contributed by atoms with E-state index in [-0.39, 0.29) is 23.7 Å². The highest BCUT2D eigenvalue weighted by Gasteiger charge is 2.35. The van der Waals surface area contributed by atoms with Crippen LogP contribution in [-0.2, 0) is 9.53 Å². The average molecular weight is 380 g/mol. The Morgan fingerprint density at radius 2 is 2.00 bits per heavy atom. The molecule has 0 radical (unpaired) electrons. The van der Waals surface area contributed by atoms with Gasteiger partial charge in [-0.2, -0.15) is 0 Å². The minimum absolute atomic E-state index is 0.0635. The third-order valence-electron chi connectivity index (χ3n) is 4.35. The van der Waals surface area contributed by atoms with Gasteiger partial charge in [-0.3, -0.25) is 25.0 Å². The Morgan fingerprint density at radius 1 is 1.30 bits per heavy atom. The fourth-order valence-corrected chi connectivity index (χ4v) is 3.16. The van der Waals surface area contributed by atoms with Crippen molar-refractivity contribution in [3.05, 3.63) is 37.9 Å². The zero-order valence-electron chi connectivity index (χ0n) is 15.0. The summed E-state index contributed by atoms with van der Waals surface area (Å²) in [6.07, 6.45) is 1.19. The zero-order chi connectivity index (χ0) is 20.1. The molecule has 1 N–H and O–H groups in total. The van der Waals surface area contributed by atoms with Gasteiger partial charge in [-0.15, -0.1) is 0 Å². The number of rotatable bonds is 6. The van der Waals surface area contributed by atoms with Crippen LogP contribution in [0.5, 0.6) is 0 Å². The number of anilines is 1. The molecule has 0 aromatic heterocycles. The van der Waals surface area contributed by atoms with Gasteiger partial charge in [-0.25, -0.2) is 4.79 Å². The number of hydrogen-bond acceptors (Lipinski definition) is 8. The number of hydrogen-bond donors (Lipinski definition) is 1. The SMILES string of the molecule is CCNC(=O)C1CCCN(c2c(C(=O)OC)cc([N+](=O)[O-])cc2[N+](=O)[O-])C1. The monoisotopic (exact) mass is 380 g/mol. The van der Waals surface area contributed by atoms with E-state index in [4.69, 9.17) is 0 Å². The number of nitro benzene ring substituents is 2. The van der Waals surface area contributed by atoms with Crippen LogP contribution in [0.2, 0.25) is 0 Å². The Bertz CT molecular complexity index is 780. The Labute approximate surface area is 154 Å². The number of amides is 1. The molecule has 0 spiro atoms. The number of nitrogens with zero attached hydrogens (tertiary/aromatic N) is 3. The number of ether oxygens (including phenoxy) is 1. The van der Waals surface area contributed by atoms with Crippen molar-refractivity contribution < 1.29 is 24.2 Å². The summed E-state index contributed by atoms with van der Waals surface area (Å²) >= 11 is 0. The second-order valence-corrected chi connectivity index (χ2v) is 6.05. The van der Waals surface area contributed by atoms with Crippen molar-refractivity contribution in [3.8, 4) is 0 Å². The number of benzene rings is 1. The van der Waals surface area contributed by atoms with Gasteiger partial charge in [0, 0.05) is 25.7 Å². The Hall–Kier alpha value is -3.24. The normalized spacial score (nSPS) is 16.5. The first kappa shape index (κ1) is 20.1. The number of carbonyl (C=O) groups is 2. The number of esters is 1. The standard InChI is InChI=1S/C16H20N4O7/c1-3-17-15(21)10-5-4-6-18(9-10)14-12(16(22)27-2)7-11(19(23)24)8-13(14)20(25)26/h7-8,10H,3-6,9H2,1-2H3,(H,17,21). The van der Waals surface area contributed by atoms with E-state index in [2.05, 4.69) is 10.1 Å². The molecule has 1 heterocycles. The number of nitrogens with one attached hydrogen (secondary N) is 1. The summed E-state index contributed by atoms with van der Waals surface area (Å²) in [5.41, 5.74) is -1.48. The first-order valence-corrected chi connectivity index (χ1v) is 8.37.